The van der Waals surface area contributed by atoms with Gasteiger partial charge in [0.25, 0.3) is 0 Å². The highest BCUT2D eigenvalue weighted by molar-refractivity contribution is 4.92. The van der Waals surface area contributed by atoms with Crippen LogP contribution in [0.3, 0.4) is 0 Å². The molecule has 0 aromatic rings. The molecule has 0 bridgehead atoms. The van der Waals surface area contributed by atoms with Gasteiger partial charge in [-0.2, -0.15) is 0 Å². The molecule has 3 aliphatic rings. The van der Waals surface area contributed by atoms with Gasteiger partial charge in [-0.1, -0.05) is 19.3 Å². The zero-order chi connectivity index (χ0) is 12.4. The molecule has 2 unspecified atom stereocenters. The van der Waals surface area contributed by atoms with Crippen molar-refractivity contribution in [3.05, 3.63) is 0 Å². The van der Waals surface area contributed by atoms with Gasteiger partial charge >= 0.3 is 0 Å². The summed E-state index contributed by atoms with van der Waals surface area (Å²) >= 11 is 0. The van der Waals surface area contributed by atoms with E-state index in [4.69, 9.17) is 0 Å². The monoisotopic (exact) mass is 250 g/mol. The minimum atomic E-state index is 0.804. The summed E-state index contributed by atoms with van der Waals surface area (Å²) in [7, 11) is 0. The van der Waals surface area contributed by atoms with Crippen molar-refractivity contribution in [3.8, 4) is 0 Å². The van der Waals surface area contributed by atoms with Crippen LogP contribution in [-0.2, 0) is 0 Å². The molecule has 2 nitrogen and oxygen atoms in total. The van der Waals surface area contributed by atoms with Crippen molar-refractivity contribution in [1.82, 2.24) is 10.2 Å². The SMILES string of the molecule is CC(C1CCCCC1)N1CCCNC(C2CC2)C1. The summed E-state index contributed by atoms with van der Waals surface area (Å²) < 4.78 is 0. The minimum Gasteiger partial charge on any atom is -0.312 e. The second-order valence-electron chi connectivity index (χ2n) is 6.89. The first kappa shape index (κ1) is 12.9. The van der Waals surface area contributed by atoms with E-state index in [1.54, 1.807) is 0 Å². The number of hydrogen-bond acceptors (Lipinski definition) is 2. The maximum absolute atomic E-state index is 3.79. The minimum absolute atomic E-state index is 0.804. The predicted octanol–water partition coefficient (Wildman–Crippen LogP) is 3.03. The van der Waals surface area contributed by atoms with E-state index in [1.807, 2.05) is 0 Å². The molecule has 1 aliphatic heterocycles. The Morgan fingerprint density at radius 3 is 2.50 bits per heavy atom. The number of rotatable bonds is 3. The van der Waals surface area contributed by atoms with Crippen molar-refractivity contribution in [3.63, 3.8) is 0 Å². The summed E-state index contributed by atoms with van der Waals surface area (Å²) in [6.07, 6.45) is 11.7. The average molecular weight is 250 g/mol. The summed E-state index contributed by atoms with van der Waals surface area (Å²) in [5.74, 6) is 1.99. The molecule has 0 aromatic heterocycles. The molecular weight excluding hydrogens is 220 g/mol. The molecule has 2 saturated carbocycles. The van der Waals surface area contributed by atoms with Gasteiger partial charge in [-0.15, -0.1) is 0 Å². The van der Waals surface area contributed by atoms with E-state index >= 15 is 0 Å². The molecule has 0 spiro atoms. The lowest BCUT2D eigenvalue weighted by atomic mass is 9.84. The van der Waals surface area contributed by atoms with Crippen molar-refractivity contribution in [2.45, 2.75) is 70.4 Å². The van der Waals surface area contributed by atoms with Gasteiger partial charge in [-0.25, -0.2) is 0 Å². The molecule has 3 fully saturated rings. The Hall–Kier alpha value is -0.0800. The van der Waals surface area contributed by atoms with Crippen LogP contribution in [0.4, 0.5) is 0 Å². The molecule has 2 atom stereocenters. The largest absolute Gasteiger partial charge is 0.312 e. The van der Waals surface area contributed by atoms with Gasteiger partial charge in [0.1, 0.15) is 0 Å². The maximum atomic E-state index is 3.79. The third kappa shape index (κ3) is 3.08. The van der Waals surface area contributed by atoms with Crippen molar-refractivity contribution in [2.24, 2.45) is 11.8 Å². The Morgan fingerprint density at radius 1 is 1.00 bits per heavy atom. The van der Waals surface area contributed by atoms with E-state index in [-0.39, 0.29) is 0 Å². The first-order valence-electron chi connectivity index (χ1n) is 8.32. The van der Waals surface area contributed by atoms with Gasteiger partial charge in [-0.3, -0.25) is 4.90 Å². The standard InChI is InChI=1S/C16H30N2/c1-13(14-6-3-2-4-7-14)18-11-5-10-17-16(12-18)15-8-9-15/h13-17H,2-12H2,1H3. The van der Waals surface area contributed by atoms with Crippen LogP contribution in [0, 0.1) is 11.8 Å². The van der Waals surface area contributed by atoms with Gasteiger partial charge in [0.05, 0.1) is 0 Å². The molecule has 1 N–H and O–H groups in total. The van der Waals surface area contributed by atoms with Crippen molar-refractivity contribution >= 4 is 0 Å². The molecule has 2 aliphatic carbocycles. The van der Waals surface area contributed by atoms with Gasteiger partial charge in [-0.05, 0) is 64.0 Å². The van der Waals surface area contributed by atoms with E-state index < -0.39 is 0 Å². The maximum Gasteiger partial charge on any atom is 0.0223 e. The van der Waals surface area contributed by atoms with Crippen LogP contribution < -0.4 is 5.32 Å². The topological polar surface area (TPSA) is 15.3 Å². The number of hydrogen-bond donors (Lipinski definition) is 1. The van der Waals surface area contributed by atoms with Crippen LogP contribution in [0.5, 0.6) is 0 Å². The van der Waals surface area contributed by atoms with Crippen LogP contribution in [0.15, 0.2) is 0 Å². The van der Waals surface area contributed by atoms with Crippen molar-refractivity contribution < 1.29 is 0 Å². The molecule has 0 amide bonds. The predicted molar refractivity (Wildman–Crippen MR) is 76.7 cm³/mol. The smallest absolute Gasteiger partial charge is 0.0223 e. The molecule has 1 saturated heterocycles. The number of nitrogens with zero attached hydrogens (tertiary/aromatic N) is 1. The zero-order valence-corrected chi connectivity index (χ0v) is 12.0. The van der Waals surface area contributed by atoms with Crippen LogP contribution in [0.1, 0.15) is 58.3 Å². The zero-order valence-electron chi connectivity index (χ0n) is 12.0. The highest BCUT2D eigenvalue weighted by Gasteiger charge is 2.35. The molecule has 104 valence electrons. The van der Waals surface area contributed by atoms with Gasteiger partial charge in [0.15, 0.2) is 0 Å². The third-order valence-electron chi connectivity index (χ3n) is 5.56. The Labute approximate surface area is 113 Å². The van der Waals surface area contributed by atoms with E-state index in [0.29, 0.717) is 0 Å². The molecule has 2 heteroatoms. The summed E-state index contributed by atoms with van der Waals surface area (Å²) in [4.78, 5) is 2.82. The Bertz CT molecular complexity index is 256. The van der Waals surface area contributed by atoms with Crippen molar-refractivity contribution in [1.29, 1.82) is 0 Å². The van der Waals surface area contributed by atoms with Crippen LogP contribution in [0.25, 0.3) is 0 Å². The van der Waals surface area contributed by atoms with E-state index in [1.165, 1.54) is 71.0 Å². The number of nitrogens with one attached hydrogen (secondary N) is 1. The lowest BCUT2D eigenvalue weighted by molar-refractivity contribution is 0.125. The Morgan fingerprint density at radius 2 is 1.78 bits per heavy atom. The fourth-order valence-electron chi connectivity index (χ4n) is 4.08. The fourth-order valence-corrected chi connectivity index (χ4v) is 4.08. The second-order valence-corrected chi connectivity index (χ2v) is 6.89. The van der Waals surface area contributed by atoms with Gasteiger partial charge in [0.2, 0.25) is 0 Å². The Balaban J connectivity index is 1.57. The molecule has 0 radical (unpaired) electrons. The van der Waals surface area contributed by atoms with Crippen LogP contribution in [0.2, 0.25) is 0 Å². The first-order chi connectivity index (χ1) is 8.84. The lowest BCUT2D eigenvalue weighted by Crippen LogP contribution is -2.45. The average Bonchev–Trinajstić information content (AvgIpc) is 3.24. The van der Waals surface area contributed by atoms with E-state index in [0.717, 1.165) is 23.9 Å². The normalized spacial score (nSPS) is 34.2. The summed E-state index contributed by atoms with van der Waals surface area (Å²) in [5.41, 5.74) is 0. The summed E-state index contributed by atoms with van der Waals surface area (Å²) in [5, 5.41) is 3.79. The highest BCUT2D eigenvalue weighted by Crippen LogP contribution is 2.35. The quantitative estimate of drug-likeness (QED) is 0.828. The van der Waals surface area contributed by atoms with Crippen LogP contribution in [-0.4, -0.2) is 36.6 Å². The van der Waals surface area contributed by atoms with Gasteiger partial charge in [0, 0.05) is 18.6 Å². The highest BCUT2D eigenvalue weighted by atomic mass is 15.2. The fraction of sp³-hybridized carbons (Fsp3) is 1.00. The lowest BCUT2D eigenvalue weighted by Gasteiger charge is -2.37. The van der Waals surface area contributed by atoms with Crippen molar-refractivity contribution in [2.75, 3.05) is 19.6 Å². The summed E-state index contributed by atoms with van der Waals surface area (Å²) in [6, 6.07) is 1.63. The molecule has 18 heavy (non-hydrogen) atoms. The summed E-state index contributed by atoms with van der Waals surface area (Å²) in [6.45, 7) is 6.40. The third-order valence-corrected chi connectivity index (χ3v) is 5.56. The molecular formula is C16H30N2. The van der Waals surface area contributed by atoms with Gasteiger partial charge < -0.3 is 5.32 Å². The van der Waals surface area contributed by atoms with E-state index in [9.17, 15) is 0 Å². The molecule has 1 heterocycles. The molecule has 3 rings (SSSR count). The first-order valence-corrected chi connectivity index (χ1v) is 8.32. The molecule has 0 aromatic carbocycles. The van der Waals surface area contributed by atoms with Crippen LogP contribution >= 0.6 is 0 Å². The Kier molecular flexibility index (Phi) is 4.25. The second kappa shape index (κ2) is 5.92. The van der Waals surface area contributed by atoms with E-state index in [2.05, 4.69) is 17.1 Å².